The van der Waals surface area contributed by atoms with Gasteiger partial charge in [0.25, 0.3) is 0 Å². The summed E-state index contributed by atoms with van der Waals surface area (Å²) in [6, 6.07) is 0. The molecule has 0 amide bonds. The Morgan fingerprint density at radius 1 is 0.679 bits per heavy atom. The minimum atomic E-state index is -3.30. The second-order valence-corrected chi connectivity index (χ2v) is 9.62. The third-order valence-corrected chi connectivity index (χ3v) is 6.50. The van der Waals surface area contributed by atoms with Gasteiger partial charge in [-0.15, -0.1) is 0 Å². The molecule has 0 spiro atoms. The van der Waals surface area contributed by atoms with Crippen LogP contribution in [0.1, 0.15) is 117 Å². The molecule has 0 aliphatic rings. The molecule has 0 radical (unpaired) electrons. The van der Waals surface area contributed by atoms with Crippen LogP contribution in [-0.2, 0) is 13.6 Å². The summed E-state index contributed by atoms with van der Waals surface area (Å²) in [6.07, 6.45) is 19.0. The van der Waals surface area contributed by atoms with Gasteiger partial charge in [0.1, 0.15) is 6.29 Å². The zero-order chi connectivity index (χ0) is 20.8. The van der Waals surface area contributed by atoms with Crippen molar-refractivity contribution in [3.63, 3.8) is 0 Å². The van der Waals surface area contributed by atoms with Gasteiger partial charge >= 0.3 is 7.60 Å². The van der Waals surface area contributed by atoms with Crippen LogP contribution in [0.5, 0.6) is 0 Å². The van der Waals surface area contributed by atoms with Crippen LogP contribution in [0, 0.1) is 0 Å². The molecular formula is C21H44N3O3P. The molecule has 0 aromatic carbocycles. The zero-order valence-electron chi connectivity index (χ0n) is 18.4. The maximum absolute atomic E-state index is 12.7. The van der Waals surface area contributed by atoms with Crippen molar-refractivity contribution in [3.05, 3.63) is 10.4 Å². The largest absolute Gasteiger partial charge is 0.336 e. The highest BCUT2D eigenvalue weighted by molar-refractivity contribution is 7.53. The van der Waals surface area contributed by atoms with Crippen LogP contribution < -0.4 is 0 Å². The summed E-state index contributed by atoms with van der Waals surface area (Å²) >= 11 is 0. The molecule has 6 nitrogen and oxygen atoms in total. The lowest BCUT2D eigenvalue weighted by atomic mass is 10.1. The molecule has 0 saturated carbocycles. The van der Waals surface area contributed by atoms with Crippen molar-refractivity contribution < 1.29 is 13.6 Å². The van der Waals surface area contributed by atoms with Gasteiger partial charge in [0.15, 0.2) is 0 Å². The average molecular weight is 418 g/mol. The van der Waals surface area contributed by atoms with Gasteiger partial charge in [0.2, 0.25) is 0 Å². The Balaban J connectivity index is 3.81. The van der Waals surface area contributed by atoms with Crippen molar-refractivity contribution in [1.82, 2.24) is 0 Å². The standard InChI is InChI=1S/C21H44N3O3P/c1-3-5-7-9-11-13-15-17-19-26-28(25,21-23-24-22)27-20-18-16-14-12-10-8-6-4-2/h3-21H2,1-2H3. The SMILES string of the molecule is CCCCCCCCCCOP(=O)(CN=[N+]=[N-])OCCCCCCCCCC. The summed E-state index contributed by atoms with van der Waals surface area (Å²) in [5.41, 5.74) is 8.52. The van der Waals surface area contributed by atoms with Crippen LogP contribution in [0.25, 0.3) is 10.4 Å². The van der Waals surface area contributed by atoms with Crippen molar-refractivity contribution in [1.29, 1.82) is 0 Å². The number of nitrogens with zero attached hydrogens (tertiary/aromatic N) is 3. The highest BCUT2D eigenvalue weighted by atomic mass is 31.2. The summed E-state index contributed by atoms with van der Waals surface area (Å²) < 4.78 is 23.7. The molecule has 0 heterocycles. The Labute approximate surface area is 173 Å². The van der Waals surface area contributed by atoms with Crippen molar-refractivity contribution in [2.24, 2.45) is 5.11 Å². The van der Waals surface area contributed by atoms with Crippen LogP contribution in [0.3, 0.4) is 0 Å². The van der Waals surface area contributed by atoms with Gasteiger partial charge < -0.3 is 9.05 Å². The average Bonchev–Trinajstić information content (AvgIpc) is 2.70. The van der Waals surface area contributed by atoms with Gasteiger partial charge in [-0.2, -0.15) is 0 Å². The molecule has 166 valence electrons. The van der Waals surface area contributed by atoms with E-state index in [2.05, 4.69) is 23.9 Å². The van der Waals surface area contributed by atoms with E-state index in [4.69, 9.17) is 14.6 Å². The Kier molecular flexibility index (Phi) is 20.8. The number of unbranched alkanes of at least 4 members (excludes halogenated alkanes) is 14. The Bertz CT molecular complexity index is 403. The van der Waals surface area contributed by atoms with E-state index in [1.54, 1.807) is 0 Å². The van der Waals surface area contributed by atoms with Gasteiger partial charge in [-0.05, 0) is 18.4 Å². The first-order chi connectivity index (χ1) is 13.7. The smallest absolute Gasteiger partial charge is 0.308 e. The predicted molar refractivity (Wildman–Crippen MR) is 119 cm³/mol. The van der Waals surface area contributed by atoms with Gasteiger partial charge in [-0.3, -0.25) is 4.57 Å². The monoisotopic (exact) mass is 417 g/mol. The Hall–Kier alpha value is -0.540. The zero-order valence-corrected chi connectivity index (χ0v) is 19.3. The predicted octanol–water partition coefficient (Wildman–Crippen LogP) is 8.76. The fourth-order valence-corrected chi connectivity index (χ4v) is 4.37. The maximum Gasteiger partial charge on any atom is 0.336 e. The van der Waals surface area contributed by atoms with E-state index in [9.17, 15) is 4.57 Å². The highest BCUT2D eigenvalue weighted by Gasteiger charge is 2.23. The molecule has 0 fully saturated rings. The third-order valence-electron chi connectivity index (χ3n) is 4.87. The first-order valence-corrected chi connectivity index (χ1v) is 13.3. The molecule has 0 aromatic rings. The molecule has 28 heavy (non-hydrogen) atoms. The molecule has 0 N–H and O–H groups in total. The highest BCUT2D eigenvalue weighted by Crippen LogP contribution is 2.48. The topological polar surface area (TPSA) is 84.3 Å². The summed E-state index contributed by atoms with van der Waals surface area (Å²) in [7, 11) is -3.30. The maximum atomic E-state index is 12.7. The lowest BCUT2D eigenvalue weighted by Crippen LogP contribution is -2.02. The number of rotatable bonds is 22. The van der Waals surface area contributed by atoms with Crippen LogP contribution in [0.15, 0.2) is 5.11 Å². The molecule has 0 aliphatic heterocycles. The summed E-state index contributed by atoms with van der Waals surface area (Å²) in [5.74, 6) is 0. The van der Waals surface area contributed by atoms with Gasteiger partial charge in [0.05, 0.1) is 13.2 Å². The van der Waals surface area contributed by atoms with Gasteiger partial charge in [-0.25, -0.2) is 0 Å². The quantitative estimate of drug-likeness (QED) is 0.0580. The minimum absolute atomic E-state index is 0.211. The molecule has 0 rings (SSSR count). The molecule has 0 saturated heterocycles. The minimum Gasteiger partial charge on any atom is -0.308 e. The van der Waals surface area contributed by atoms with Crippen LogP contribution in [0.2, 0.25) is 0 Å². The fourth-order valence-electron chi connectivity index (χ4n) is 3.10. The van der Waals surface area contributed by atoms with Gasteiger partial charge in [0, 0.05) is 4.91 Å². The summed E-state index contributed by atoms with van der Waals surface area (Å²) in [6.45, 7) is 5.26. The van der Waals surface area contributed by atoms with E-state index in [0.29, 0.717) is 13.2 Å². The summed E-state index contributed by atoms with van der Waals surface area (Å²) in [5, 5.41) is 3.43. The fraction of sp³-hybridized carbons (Fsp3) is 1.00. The van der Waals surface area contributed by atoms with E-state index < -0.39 is 7.60 Å². The van der Waals surface area contributed by atoms with Crippen LogP contribution in [0.4, 0.5) is 0 Å². The first kappa shape index (κ1) is 27.5. The van der Waals surface area contributed by atoms with Crippen molar-refractivity contribution in [2.75, 3.05) is 19.5 Å². The van der Waals surface area contributed by atoms with Crippen molar-refractivity contribution in [3.8, 4) is 0 Å². The van der Waals surface area contributed by atoms with Crippen LogP contribution in [-0.4, -0.2) is 19.5 Å². The van der Waals surface area contributed by atoms with Gasteiger partial charge in [-0.1, -0.05) is 109 Å². The van der Waals surface area contributed by atoms with E-state index in [0.717, 1.165) is 25.7 Å². The van der Waals surface area contributed by atoms with E-state index in [1.807, 2.05) is 0 Å². The molecule has 0 bridgehead atoms. The molecule has 7 heteroatoms. The van der Waals surface area contributed by atoms with E-state index in [1.165, 1.54) is 77.0 Å². The number of hydrogen-bond acceptors (Lipinski definition) is 4. The molecule has 0 unspecified atom stereocenters. The van der Waals surface area contributed by atoms with Crippen molar-refractivity contribution in [2.45, 2.75) is 117 Å². The lowest BCUT2D eigenvalue weighted by Gasteiger charge is -2.16. The molecular weight excluding hydrogens is 373 g/mol. The number of hydrogen-bond donors (Lipinski definition) is 0. The van der Waals surface area contributed by atoms with E-state index in [-0.39, 0.29) is 6.29 Å². The number of azide groups is 1. The molecule has 0 aromatic heterocycles. The molecule has 0 atom stereocenters. The first-order valence-electron chi connectivity index (χ1n) is 11.6. The Morgan fingerprint density at radius 3 is 1.39 bits per heavy atom. The van der Waals surface area contributed by atoms with Crippen LogP contribution >= 0.6 is 7.60 Å². The second kappa shape index (κ2) is 21.2. The Morgan fingerprint density at radius 2 is 1.04 bits per heavy atom. The summed E-state index contributed by atoms with van der Waals surface area (Å²) in [4.78, 5) is 2.70. The molecule has 0 aliphatic carbocycles. The third kappa shape index (κ3) is 18.8. The lowest BCUT2D eigenvalue weighted by molar-refractivity contribution is 0.198. The van der Waals surface area contributed by atoms with Crippen molar-refractivity contribution >= 4 is 7.60 Å². The second-order valence-electron chi connectivity index (χ2n) is 7.60. The van der Waals surface area contributed by atoms with E-state index >= 15 is 0 Å². The normalized spacial score (nSPS) is 11.5.